The second-order valence-corrected chi connectivity index (χ2v) is 8.08. The summed E-state index contributed by atoms with van der Waals surface area (Å²) in [6, 6.07) is 1.16. The number of aromatic carboxylic acids is 1. The van der Waals surface area contributed by atoms with Gasteiger partial charge in [-0.2, -0.15) is 0 Å². The van der Waals surface area contributed by atoms with Crippen LogP contribution in [-0.2, 0) is 10.0 Å². The van der Waals surface area contributed by atoms with Crippen molar-refractivity contribution in [1.29, 1.82) is 0 Å². The number of likely N-dealkylation sites (N-methyl/N-ethyl adjacent to an activating group) is 1. The fraction of sp³-hybridized carbons (Fsp3) is 0.545. The van der Waals surface area contributed by atoms with E-state index in [0.29, 0.717) is 10.3 Å². The van der Waals surface area contributed by atoms with E-state index in [9.17, 15) is 13.2 Å². The first kappa shape index (κ1) is 17.6. The molecule has 0 spiro atoms. The van der Waals surface area contributed by atoms with Gasteiger partial charge < -0.3 is 10.0 Å². The zero-order valence-electron chi connectivity index (χ0n) is 11.2. The maximum atomic E-state index is 12.1. The lowest BCUT2D eigenvalue weighted by atomic mass is 10.5. The molecule has 114 valence electrons. The molecular formula is C11H17BrN2O4S2. The van der Waals surface area contributed by atoms with E-state index in [-0.39, 0.29) is 16.3 Å². The monoisotopic (exact) mass is 384 g/mol. The summed E-state index contributed by atoms with van der Waals surface area (Å²) in [5.74, 6) is -1.14. The van der Waals surface area contributed by atoms with Crippen LogP contribution in [0, 0.1) is 0 Å². The van der Waals surface area contributed by atoms with Gasteiger partial charge in [-0.1, -0.05) is 13.8 Å². The Morgan fingerprint density at radius 3 is 2.50 bits per heavy atom. The van der Waals surface area contributed by atoms with Gasteiger partial charge in [-0.15, -0.1) is 11.3 Å². The van der Waals surface area contributed by atoms with Crippen LogP contribution >= 0.6 is 27.3 Å². The molecule has 20 heavy (non-hydrogen) atoms. The van der Waals surface area contributed by atoms with Gasteiger partial charge in [0.25, 0.3) is 0 Å². The van der Waals surface area contributed by atoms with Crippen LogP contribution in [-0.4, -0.2) is 50.6 Å². The summed E-state index contributed by atoms with van der Waals surface area (Å²) >= 11 is 3.98. The summed E-state index contributed by atoms with van der Waals surface area (Å²) in [6.45, 7) is 6.61. The molecule has 0 bridgehead atoms. The highest BCUT2D eigenvalue weighted by Gasteiger charge is 2.22. The normalized spacial score (nSPS) is 12.0. The van der Waals surface area contributed by atoms with Crippen LogP contribution in [0.1, 0.15) is 23.5 Å². The highest BCUT2D eigenvalue weighted by Crippen LogP contribution is 2.31. The lowest BCUT2D eigenvalue weighted by Gasteiger charge is -2.17. The smallest absolute Gasteiger partial charge is 0.345 e. The SMILES string of the molecule is CCN(CC)CCNS(=O)(=O)c1cc(C(=O)O)sc1Br. The Morgan fingerprint density at radius 2 is 2.05 bits per heavy atom. The van der Waals surface area contributed by atoms with Gasteiger partial charge in [-0.25, -0.2) is 17.9 Å². The number of hydrogen-bond acceptors (Lipinski definition) is 5. The molecule has 0 aliphatic heterocycles. The van der Waals surface area contributed by atoms with Gasteiger partial charge >= 0.3 is 5.97 Å². The Kier molecular flexibility index (Phi) is 6.59. The first-order chi connectivity index (χ1) is 9.31. The molecule has 0 aliphatic rings. The number of nitrogens with zero attached hydrogens (tertiary/aromatic N) is 1. The van der Waals surface area contributed by atoms with Crippen LogP contribution in [0.5, 0.6) is 0 Å². The molecule has 6 nitrogen and oxygen atoms in total. The Bertz CT molecular complexity index is 567. The number of rotatable bonds is 8. The molecule has 0 fully saturated rings. The molecule has 0 saturated carbocycles. The van der Waals surface area contributed by atoms with Crippen LogP contribution in [0.15, 0.2) is 14.7 Å². The van der Waals surface area contributed by atoms with Crippen molar-refractivity contribution in [2.45, 2.75) is 18.7 Å². The lowest BCUT2D eigenvalue weighted by Crippen LogP contribution is -2.34. The van der Waals surface area contributed by atoms with Crippen molar-refractivity contribution in [2.75, 3.05) is 26.2 Å². The van der Waals surface area contributed by atoms with Gasteiger partial charge in [0.15, 0.2) is 0 Å². The third-order valence-electron chi connectivity index (χ3n) is 2.77. The second kappa shape index (κ2) is 7.51. The third-order valence-corrected chi connectivity index (χ3v) is 6.47. The summed E-state index contributed by atoms with van der Waals surface area (Å²) in [4.78, 5) is 12.9. The van der Waals surface area contributed by atoms with E-state index in [0.717, 1.165) is 30.5 Å². The zero-order valence-corrected chi connectivity index (χ0v) is 14.4. The molecule has 0 saturated heterocycles. The maximum absolute atomic E-state index is 12.1. The second-order valence-electron chi connectivity index (χ2n) is 3.98. The topological polar surface area (TPSA) is 86.7 Å². The fourth-order valence-electron chi connectivity index (χ4n) is 1.60. The third kappa shape index (κ3) is 4.52. The molecule has 1 aromatic heterocycles. The van der Waals surface area contributed by atoms with Gasteiger partial charge in [-0.05, 0) is 35.1 Å². The molecule has 1 heterocycles. The molecular weight excluding hydrogens is 368 g/mol. The first-order valence-corrected chi connectivity index (χ1v) is 9.15. The quantitative estimate of drug-likeness (QED) is 0.713. The number of hydrogen-bond donors (Lipinski definition) is 2. The van der Waals surface area contributed by atoms with E-state index in [2.05, 4.69) is 25.6 Å². The summed E-state index contributed by atoms with van der Waals surface area (Å²) in [5, 5.41) is 8.87. The molecule has 0 unspecified atom stereocenters. The summed E-state index contributed by atoms with van der Waals surface area (Å²) < 4.78 is 27.0. The molecule has 1 rings (SSSR count). The van der Waals surface area contributed by atoms with Crippen molar-refractivity contribution < 1.29 is 18.3 Å². The maximum Gasteiger partial charge on any atom is 0.345 e. The Balaban J connectivity index is 2.76. The van der Waals surface area contributed by atoms with Gasteiger partial charge in [0.2, 0.25) is 10.0 Å². The van der Waals surface area contributed by atoms with Crippen molar-refractivity contribution in [3.05, 3.63) is 14.7 Å². The number of carboxylic acid groups (broad SMARTS) is 1. The highest BCUT2D eigenvalue weighted by atomic mass is 79.9. The number of halogens is 1. The zero-order chi connectivity index (χ0) is 15.3. The summed E-state index contributed by atoms with van der Waals surface area (Å²) in [6.07, 6.45) is 0. The van der Waals surface area contributed by atoms with E-state index >= 15 is 0 Å². The molecule has 0 atom stereocenters. The molecule has 0 aromatic carbocycles. The van der Waals surface area contributed by atoms with E-state index in [1.807, 2.05) is 13.8 Å². The molecule has 0 aliphatic carbocycles. The molecule has 0 amide bonds. The lowest BCUT2D eigenvalue weighted by molar-refractivity contribution is 0.0702. The predicted octanol–water partition coefficient (Wildman–Crippen LogP) is 1.83. The fourth-order valence-corrected chi connectivity index (χ4v) is 5.02. The van der Waals surface area contributed by atoms with Crippen molar-refractivity contribution in [3.63, 3.8) is 0 Å². The van der Waals surface area contributed by atoms with E-state index in [4.69, 9.17) is 5.11 Å². The van der Waals surface area contributed by atoms with E-state index in [1.165, 1.54) is 0 Å². The Hall–Kier alpha value is -0.480. The number of thiophene rings is 1. The van der Waals surface area contributed by atoms with E-state index < -0.39 is 16.0 Å². The van der Waals surface area contributed by atoms with Crippen molar-refractivity contribution in [2.24, 2.45) is 0 Å². The van der Waals surface area contributed by atoms with Crippen LogP contribution in [0.2, 0.25) is 0 Å². The number of carbonyl (C=O) groups is 1. The van der Waals surface area contributed by atoms with Crippen LogP contribution in [0.4, 0.5) is 0 Å². The average Bonchev–Trinajstić information content (AvgIpc) is 2.78. The Labute approximate surface area is 131 Å². The predicted molar refractivity (Wildman–Crippen MR) is 82.0 cm³/mol. The highest BCUT2D eigenvalue weighted by molar-refractivity contribution is 9.11. The minimum Gasteiger partial charge on any atom is -0.477 e. The van der Waals surface area contributed by atoms with Gasteiger partial charge in [0.05, 0.1) is 3.79 Å². The molecule has 1 aromatic rings. The van der Waals surface area contributed by atoms with Gasteiger partial charge in [-0.3, -0.25) is 0 Å². The number of sulfonamides is 1. The van der Waals surface area contributed by atoms with E-state index in [1.54, 1.807) is 0 Å². The minimum atomic E-state index is -3.69. The van der Waals surface area contributed by atoms with Gasteiger partial charge in [0.1, 0.15) is 9.77 Å². The average molecular weight is 385 g/mol. The Morgan fingerprint density at radius 1 is 1.45 bits per heavy atom. The van der Waals surface area contributed by atoms with Crippen molar-refractivity contribution in [3.8, 4) is 0 Å². The van der Waals surface area contributed by atoms with Crippen LogP contribution in [0.25, 0.3) is 0 Å². The minimum absolute atomic E-state index is 0.0130. The van der Waals surface area contributed by atoms with Crippen LogP contribution < -0.4 is 4.72 Å². The van der Waals surface area contributed by atoms with Crippen LogP contribution in [0.3, 0.4) is 0 Å². The van der Waals surface area contributed by atoms with Crippen molar-refractivity contribution >= 4 is 43.3 Å². The summed E-state index contributed by atoms with van der Waals surface area (Å²) in [7, 11) is -3.69. The molecule has 2 N–H and O–H groups in total. The molecule has 9 heteroatoms. The van der Waals surface area contributed by atoms with Crippen molar-refractivity contribution in [1.82, 2.24) is 9.62 Å². The molecule has 0 radical (unpaired) electrons. The number of carboxylic acids is 1. The largest absolute Gasteiger partial charge is 0.477 e. The summed E-state index contributed by atoms with van der Waals surface area (Å²) in [5.41, 5.74) is 0. The first-order valence-electron chi connectivity index (χ1n) is 6.06. The standard InChI is InChI=1S/C11H17BrN2O4S2/c1-3-14(4-2)6-5-13-20(17,18)9-7-8(11(15)16)19-10(9)12/h7,13H,3-6H2,1-2H3,(H,15,16). The number of nitrogens with one attached hydrogen (secondary N) is 1. The van der Waals surface area contributed by atoms with Gasteiger partial charge in [0, 0.05) is 13.1 Å².